The fraction of sp³-hybridized carbons (Fsp3) is 1.00. The van der Waals surface area contributed by atoms with Crippen molar-refractivity contribution in [2.45, 2.75) is 6.90 Å². The van der Waals surface area contributed by atoms with Crippen LogP contribution in [0.25, 0.3) is 0 Å². The van der Waals surface area contributed by atoms with E-state index in [1.54, 1.807) is 7.11 Å². The van der Waals surface area contributed by atoms with Crippen molar-refractivity contribution in [3.63, 3.8) is 0 Å². The normalized spacial score (nSPS) is 11.7. The van der Waals surface area contributed by atoms with E-state index in [0.717, 1.165) is 0 Å². The van der Waals surface area contributed by atoms with E-state index in [2.05, 4.69) is 0 Å². The van der Waals surface area contributed by atoms with Gasteiger partial charge < -0.3 is 28.4 Å². The zero-order valence-electron chi connectivity index (χ0n) is 12.9. The molecule has 0 aliphatic heterocycles. The Kier molecular flexibility index (Phi) is 15.7. The molecule has 0 saturated carbocycles. The van der Waals surface area contributed by atoms with Crippen LogP contribution < -0.4 is 0 Å². The van der Waals surface area contributed by atoms with E-state index in [1.165, 1.54) is 0 Å². The number of ether oxygens (including phenoxy) is 6. The molecule has 19 heavy (non-hydrogen) atoms. The quantitative estimate of drug-likeness (QED) is 0.389. The van der Waals surface area contributed by atoms with Gasteiger partial charge >= 0.3 is 0 Å². The van der Waals surface area contributed by atoms with Crippen LogP contribution in [0.3, 0.4) is 0 Å². The third-order valence-electron chi connectivity index (χ3n) is 2.06. The molecule has 0 N–H and O–H groups in total. The summed E-state index contributed by atoms with van der Waals surface area (Å²) in [5, 5.41) is 0. The number of methoxy groups -OCH3 is 1. The van der Waals surface area contributed by atoms with Crippen molar-refractivity contribution >= 4 is 0 Å². The first-order valence-corrected chi connectivity index (χ1v) is 6.58. The van der Waals surface area contributed by atoms with Crippen molar-refractivity contribution < 1.29 is 29.8 Å². The maximum atomic E-state index is 6.87. The van der Waals surface area contributed by atoms with Gasteiger partial charge in [0.15, 0.2) is 0 Å². The molecular weight excluding hydrogens is 252 g/mol. The van der Waals surface area contributed by atoms with E-state index in [9.17, 15) is 0 Å². The van der Waals surface area contributed by atoms with Crippen molar-refractivity contribution in [1.82, 2.24) is 0 Å². The molecule has 0 fully saturated rings. The van der Waals surface area contributed by atoms with Crippen molar-refractivity contribution in [3.8, 4) is 0 Å². The van der Waals surface area contributed by atoms with Gasteiger partial charge in [0.25, 0.3) is 0 Å². The minimum atomic E-state index is 0.292. The SMILES string of the molecule is [2H]CCOCCOCCOCCOCCOCCOC. The van der Waals surface area contributed by atoms with Crippen LogP contribution in [-0.2, 0) is 28.4 Å². The van der Waals surface area contributed by atoms with Gasteiger partial charge in [0.05, 0.1) is 66.1 Å². The van der Waals surface area contributed by atoms with Crippen LogP contribution in [-0.4, -0.2) is 79.8 Å². The van der Waals surface area contributed by atoms with E-state index in [1.807, 2.05) is 0 Å². The third-order valence-corrected chi connectivity index (χ3v) is 2.06. The van der Waals surface area contributed by atoms with Gasteiger partial charge in [-0.05, 0) is 6.90 Å². The van der Waals surface area contributed by atoms with E-state index >= 15 is 0 Å². The average molecular weight is 281 g/mol. The molecular formula is C13H28O6. The van der Waals surface area contributed by atoms with Crippen LogP contribution in [0, 0.1) is 0 Å². The lowest BCUT2D eigenvalue weighted by Gasteiger charge is -2.07. The Hall–Kier alpha value is -0.240. The first-order chi connectivity index (χ1) is 9.91. The molecule has 0 aromatic rings. The lowest BCUT2D eigenvalue weighted by Crippen LogP contribution is -2.13. The Balaban J connectivity index is 2.89. The van der Waals surface area contributed by atoms with Gasteiger partial charge in [-0.3, -0.25) is 0 Å². The van der Waals surface area contributed by atoms with E-state index < -0.39 is 0 Å². The molecule has 0 aromatic heterocycles. The van der Waals surface area contributed by atoms with Crippen LogP contribution in [0.4, 0.5) is 0 Å². The molecule has 6 heteroatoms. The molecule has 0 unspecified atom stereocenters. The van der Waals surface area contributed by atoms with Gasteiger partial charge in [0, 0.05) is 15.1 Å². The van der Waals surface area contributed by atoms with Gasteiger partial charge in [-0.1, -0.05) is 0 Å². The molecule has 0 heterocycles. The summed E-state index contributed by atoms with van der Waals surface area (Å²) in [5.41, 5.74) is 0. The summed E-state index contributed by atoms with van der Waals surface area (Å²) in [6.07, 6.45) is 0. The topological polar surface area (TPSA) is 55.4 Å². The zero-order chi connectivity index (χ0) is 14.7. The molecule has 0 aliphatic rings. The predicted molar refractivity (Wildman–Crippen MR) is 71.6 cm³/mol. The van der Waals surface area contributed by atoms with E-state index in [-0.39, 0.29) is 0 Å². The Labute approximate surface area is 117 Å². The second-order valence-corrected chi connectivity index (χ2v) is 3.55. The van der Waals surface area contributed by atoms with Gasteiger partial charge in [-0.2, -0.15) is 0 Å². The minimum Gasteiger partial charge on any atom is -0.382 e. The van der Waals surface area contributed by atoms with E-state index in [4.69, 9.17) is 29.8 Å². The van der Waals surface area contributed by atoms with Gasteiger partial charge in [0.1, 0.15) is 0 Å². The summed E-state index contributed by atoms with van der Waals surface area (Å²) >= 11 is 0. The average Bonchev–Trinajstić information content (AvgIpc) is 2.47. The first-order valence-electron chi connectivity index (χ1n) is 7.29. The Morgan fingerprint density at radius 2 is 0.947 bits per heavy atom. The summed E-state index contributed by atoms with van der Waals surface area (Å²) < 4.78 is 38.0. The van der Waals surface area contributed by atoms with Crippen molar-refractivity contribution in [3.05, 3.63) is 0 Å². The second-order valence-electron chi connectivity index (χ2n) is 3.55. The molecule has 0 saturated heterocycles. The highest BCUT2D eigenvalue weighted by Gasteiger charge is 1.92. The summed E-state index contributed by atoms with van der Waals surface area (Å²) in [5.74, 6) is 0. The Bertz CT molecular complexity index is 155. The van der Waals surface area contributed by atoms with Gasteiger partial charge in [0.2, 0.25) is 0 Å². The fourth-order valence-electron chi connectivity index (χ4n) is 1.12. The number of rotatable bonds is 16. The van der Waals surface area contributed by atoms with Crippen molar-refractivity contribution in [2.75, 3.05) is 79.8 Å². The maximum absolute atomic E-state index is 6.87. The summed E-state index contributed by atoms with van der Waals surface area (Å²) in [7, 11) is 1.64. The molecule has 6 nitrogen and oxygen atoms in total. The number of hydrogen-bond donors (Lipinski definition) is 0. The summed E-state index contributed by atoms with van der Waals surface area (Å²) in [4.78, 5) is 0. The highest BCUT2D eigenvalue weighted by molar-refractivity contribution is 4.35. The summed E-state index contributed by atoms with van der Waals surface area (Å²) in [6.45, 7) is 6.38. The van der Waals surface area contributed by atoms with Crippen LogP contribution >= 0.6 is 0 Å². The molecule has 0 atom stereocenters. The van der Waals surface area contributed by atoms with Crippen molar-refractivity contribution in [2.24, 2.45) is 0 Å². The van der Waals surface area contributed by atoms with Crippen LogP contribution in [0.2, 0.25) is 0 Å². The highest BCUT2D eigenvalue weighted by Crippen LogP contribution is 1.83. The fourth-order valence-corrected chi connectivity index (χ4v) is 1.12. The lowest BCUT2D eigenvalue weighted by molar-refractivity contribution is -0.0140. The van der Waals surface area contributed by atoms with Crippen LogP contribution in [0.15, 0.2) is 0 Å². The second kappa shape index (κ2) is 17.8. The number of hydrogen-bond acceptors (Lipinski definition) is 6. The van der Waals surface area contributed by atoms with Gasteiger partial charge in [-0.15, -0.1) is 0 Å². The molecule has 0 radical (unpaired) electrons. The highest BCUT2D eigenvalue weighted by atomic mass is 16.6. The molecule has 0 spiro atoms. The molecule has 116 valence electrons. The van der Waals surface area contributed by atoms with Crippen LogP contribution in [0.1, 0.15) is 8.27 Å². The summed E-state index contributed by atoms with van der Waals surface area (Å²) in [6, 6.07) is 0. The monoisotopic (exact) mass is 281 g/mol. The molecule has 0 rings (SSSR count). The third kappa shape index (κ3) is 17.8. The first kappa shape index (κ1) is 16.8. The molecule has 0 amide bonds. The van der Waals surface area contributed by atoms with E-state index in [0.29, 0.717) is 79.6 Å². The zero-order valence-corrected chi connectivity index (χ0v) is 11.9. The predicted octanol–water partition coefficient (Wildman–Crippen LogP) is 0.736. The van der Waals surface area contributed by atoms with Crippen LogP contribution in [0.5, 0.6) is 0 Å². The standard InChI is InChI=1S/C13H28O6/c1-3-15-6-7-17-10-11-19-13-12-18-9-8-16-5-4-14-2/h3-13H2,1-2H3/i1D. The molecule has 0 aromatic carbocycles. The smallest absolute Gasteiger partial charge is 0.0701 e. The largest absolute Gasteiger partial charge is 0.382 e. The minimum absolute atomic E-state index is 0.292. The molecule has 0 aliphatic carbocycles. The maximum Gasteiger partial charge on any atom is 0.0701 e. The Morgan fingerprint density at radius 3 is 1.32 bits per heavy atom. The molecule has 0 bridgehead atoms. The Morgan fingerprint density at radius 1 is 0.579 bits per heavy atom. The lowest BCUT2D eigenvalue weighted by atomic mass is 10.7. The van der Waals surface area contributed by atoms with Crippen molar-refractivity contribution in [1.29, 1.82) is 0 Å². The van der Waals surface area contributed by atoms with Gasteiger partial charge in [-0.25, -0.2) is 0 Å².